The average Bonchev–Trinajstić information content (AvgIpc) is 2.36. The van der Waals surface area contributed by atoms with Crippen LogP contribution in [0.2, 0.25) is 18.6 Å². The van der Waals surface area contributed by atoms with E-state index in [4.69, 9.17) is 11.6 Å². The van der Waals surface area contributed by atoms with Gasteiger partial charge in [0.05, 0.1) is 8.07 Å². The molecule has 0 aromatic rings. The SMILES string of the molecule is CCC(Cl)[Si]1(C)CCCC1. The van der Waals surface area contributed by atoms with E-state index >= 15 is 0 Å². The highest BCUT2D eigenvalue weighted by Crippen LogP contribution is 2.35. The molecule has 1 aliphatic rings. The van der Waals surface area contributed by atoms with E-state index in [1.807, 2.05) is 0 Å². The summed E-state index contributed by atoms with van der Waals surface area (Å²) < 4.78 is 0. The predicted molar refractivity (Wildman–Crippen MR) is 50.4 cm³/mol. The first-order valence-corrected chi connectivity index (χ1v) is 7.76. The molecule has 60 valence electrons. The molecule has 2 heteroatoms. The molecular weight excluding hydrogens is 160 g/mol. The van der Waals surface area contributed by atoms with Gasteiger partial charge in [-0.2, -0.15) is 0 Å². The van der Waals surface area contributed by atoms with Gasteiger partial charge in [0.25, 0.3) is 0 Å². The quantitative estimate of drug-likeness (QED) is 0.447. The molecule has 0 amide bonds. The lowest BCUT2D eigenvalue weighted by Crippen LogP contribution is -2.37. The monoisotopic (exact) mass is 176 g/mol. The second-order valence-corrected chi connectivity index (χ2v) is 9.63. The predicted octanol–water partition coefficient (Wildman–Crippen LogP) is 3.42. The van der Waals surface area contributed by atoms with Crippen LogP contribution in [0.5, 0.6) is 0 Å². The normalized spacial score (nSPS) is 26.7. The third-order valence-corrected chi connectivity index (χ3v) is 9.66. The van der Waals surface area contributed by atoms with Gasteiger partial charge in [0.1, 0.15) is 0 Å². The lowest BCUT2D eigenvalue weighted by molar-refractivity contribution is 0.935. The van der Waals surface area contributed by atoms with Gasteiger partial charge >= 0.3 is 0 Å². The van der Waals surface area contributed by atoms with Gasteiger partial charge in [0.15, 0.2) is 0 Å². The zero-order chi connectivity index (χ0) is 7.61. The zero-order valence-corrected chi connectivity index (χ0v) is 8.75. The molecule has 0 saturated carbocycles. The van der Waals surface area contributed by atoms with Crippen LogP contribution in [0.15, 0.2) is 0 Å². The Labute approximate surface area is 70.0 Å². The van der Waals surface area contributed by atoms with Gasteiger partial charge in [-0.3, -0.25) is 0 Å². The maximum absolute atomic E-state index is 6.27. The summed E-state index contributed by atoms with van der Waals surface area (Å²) in [6, 6.07) is 2.96. The van der Waals surface area contributed by atoms with Crippen molar-refractivity contribution in [2.75, 3.05) is 0 Å². The van der Waals surface area contributed by atoms with Crippen molar-refractivity contribution in [3.63, 3.8) is 0 Å². The maximum atomic E-state index is 6.27. The summed E-state index contributed by atoms with van der Waals surface area (Å²) in [6.07, 6.45) is 4.09. The van der Waals surface area contributed by atoms with Crippen LogP contribution in [0.3, 0.4) is 0 Å². The second-order valence-electron chi connectivity index (χ2n) is 3.74. The van der Waals surface area contributed by atoms with E-state index in [9.17, 15) is 0 Å². The van der Waals surface area contributed by atoms with Crippen molar-refractivity contribution in [2.45, 2.75) is 49.8 Å². The van der Waals surface area contributed by atoms with Gasteiger partial charge in [0.2, 0.25) is 0 Å². The van der Waals surface area contributed by atoms with Crippen molar-refractivity contribution in [3.05, 3.63) is 0 Å². The van der Waals surface area contributed by atoms with Crippen molar-refractivity contribution in [1.29, 1.82) is 0 Å². The van der Waals surface area contributed by atoms with Gasteiger partial charge in [0, 0.05) is 5.00 Å². The van der Waals surface area contributed by atoms with Crippen molar-refractivity contribution < 1.29 is 0 Å². The van der Waals surface area contributed by atoms with Crippen LogP contribution >= 0.6 is 11.6 Å². The Bertz CT molecular complexity index is 108. The molecule has 1 heterocycles. The molecule has 0 radical (unpaired) electrons. The molecule has 1 unspecified atom stereocenters. The standard InChI is InChI=1S/C8H17ClSi/c1-3-8(9)10(2)6-4-5-7-10/h8H,3-7H2,1-2H3. The minimum absolute atomic E-state index is 0.551. The highest BCUT2D eigenvalue weighted by molar-refractivity contribution is 6.86. The topological polar surface area (TPSA) is 0 Å². The van der Waals surface area contributed by atoms with Crippen molar-refractivity contribution in [1.82, 2.24) is 0 Å². The first-order valence-electron chi connectivity index (χ1n) is 4.33. The maximum Gasteiger partial charge on any atom is 0.0709 e. The number of hydrogen-bond acceptors (Lipinski definition) is 0. The molecule has 1 aliphatic heterocycles. The molecule has 1 fully saturated rings. The summed E-state index contributed by atoms with van der Waals surface area (Å²) >= 11 is 6.27. The van der Waals surface area contributed by atoms with E-state index < -0.39 is 8.07 Å². The van der Waals surface area contributed by atoms with E-state index in [0.717, 1.165) is 0 Å². The Morgan fingerprint density at radius 1 is 1.40 bits per heavy atom. The van der Waals surface area contributed by atoms with Crippen molar-refractivity contribution in [3.8, 4) is 0 Å². The number of alkyl halides is 1. The highest BCUT2D eigenvalue weighted by atomic mass is 35.5. The van der Waals surface area contributed by atoms with Crippen LogP contribution in [0.1, 0.15) is 26.2 Å². The molecule has 0 bridgehead atoms. The Kier molecular flexibility index (Phi) is 2.81. The van der Waals surface area contributed by atoms with Crippen molar-refractivity contribution >= 4 is 19.7 Å². The Morgan fingerprint density at radius 2 is 1.90 bits per heavy atom. The van der Waals surface area contributed by atoms with E-state index in [0.29, 0.717) is 5.00 Å². The molecule has 0 aromatic heterocycles. The zero-order valence-electron chi connectivity index (χ0n) is 6.99. The Balaban J connectivity index is 2.49. The number of rotatable bonds is 2. The summed E-state index contributed by atoms with van der Waals surface area (Å²) in [5, 5.41) is 0.551. The minimum atomic E-state index is -0.924. The van der Waals surface area contributed by atoms with Crippen LogP contribution in [0.25, 0.3) is 0 Å². The summed E-state index contributed by atoms with van der Waals surface area (Å²) in [5.74, 6) is 0. The number of hydrogen-bond donors (Lipinski definition) is 0. The Morgan fingerprint density at radius 3 is 2.30 bits per heavy atom. The molecule has 1 atom stereocenters. The molecule has 0 aromatic carbocycles. The summed E-state index contributed by atoms with van der Waals surface area (Å²) in [5.41, 5.74) is 0. The van der Waals surface area contributed by atoms with Crippen LogP contribution in [-0.4, -0.2) is 13.1 Å². The van der Waals surface area contributed by atoms with Gasteiger partial charge < -0.3 is 0 Å². The molecule has 10 heavy (non-hydrogen) atoms. The molecule has 0 nitrogen and oxygen atoms in total. The third-order valence-electron chi connectivity index (χ3n) is 2.86. The first-order chi connectivity index (χ1) is 4.69. The summed E-state index contributed by atoms with van der Waals surface area (Å²) in [4.78, 5) is 0. The molecule has 0 N–H and O–H groups in total. The fraction of sp³-hybridized carbons (Fsp3) is 1.00. The molecule has 1 rings (SSSR count). The van der Waals surface area contributed by atoms with Crippen LogP contribution in [-0.2, 0) is 0 Å². The van der Waals surface area contributed by atoms with Gasteiger partial charge in [-0.05, 0) is 6.42 Å². The molecule has 1 saturated heterocycles. The van der Waals surface area contributed by atoms with E-state index in [-0.39, 0.29) is 0 Å². The first kappa shape index (κ1) is 8.60. The van der Waals surface area contributed by atoms with E-state index in [1.165, 1.54) is 31.4 Å². The van der Waals surface area contributed by atoms with Crippen LogP contribution in [0.4, 0.5) is 0 Å². The Hall–Kier alpha value is 0.507. The van der Waals surface area contributed by atoms with Gasteiger partial charge in [-0.1, -0.05) is 38.4 Å². The van der Waals surface area contributed by atoms with Crippen LogP contribution in [0, 0.1) is 0 Å². The van der Waals surface area contributed by atoms with E-state index in [2.05, 4.69) is 13.5 Å². The smallest absolute Gasteiger partial charge is 0.0709 e. The average molecular weight is 177 g/mol. The third kappa shape index (κ3) is 1.56. The fourth-order valence-corrected chi connectivity index (χ4v) is 6.62. The lowest BCUT2D eigenvalue weighted by atomic mass is 10.4. The minimum Gasteiger partial charge on any atom is -0.127 e. The largest absolute Gasteiger partial charge is 0.127 e. The number of halogens is 1. The van der Waals surface area contributed by atoms with Gasteiger partial charge in [-0.15, -0.1) is 11.6 Å². The summed E-state index contributed by atoms with van der Waals surface area (Å²) in [7, 11) is -0.924. The lowest BCUT2D eigenvalue weighted by Gasteiger charge is -2.25. The fourth-order valence-electron chi connectivity index (χ4n) is 1.99. The van der Waals surface area contributed by atoms with Crippen molar-refractivity contribution in [2.24, 2.45) is 0 Å². The second kappa shape index (κ2) is 3.27. The highest BCUT2D eigenvalue weighted by Gasteiger charge is 2.36. The van der Waals surface area contributed by atoms with E-state index in [1.54, 1.807) is 0 Å². The molecule has 0 aliphatic carbocycles. The summed E-state index contributed by atoms with van der Waals surface area (Å²) in [6.45, 7) is 4.69. The van der Waals surface area contributed by atoms with Crippen LogP contribution < -0.4 is 0 Å². The van der Waals surface area contributed by atoms with Gasteiger partial charge in [-0.25, -0.2) is 0 Å². The molecular formula is C8H17ClSi. The molecule has 0 spiro atoms.